The third-order valence-corrected chi connectivity index (χ3v) is 2.90. The highest BCUT2D eigenvalue weighted by molar-refractivity contribution is 5.16. The Morgan fingerprint density at radius 1 is 1.47 bits per heavy atom. The summed E-state index contributed by atoms with van der Waals surface area (Å²) in [7, 11) is 0. The smallest absolute Gasteiger partial charge is 0.0594 e. The van der Waals surface area contributed by atoms with Crippen LogP contribution < -0.4 is 5.73 Å². The fourth-order valence-corrected chi connectivity index (χ4v) is 2.22. The number of hydrogen-bond donors (Lipinski definition) is 2. The maximum atomic E-state index is 6.06. The van der Waals surface area contributed by atoms with Gasteiger partial charge in [-0.15, -0.1) is 0 Å². The van der Waals surface area contributed by atoms with Crippen molar-refractivity contribution in [2.45, 2.75) is 19.0 Å². The van der Waals surface area contributed by atoms with E-state index in [9.17, 15) is 0 Å². The summed E-state index contributed by atoms with van der Waals surface area (Å²) >= 11 is 0. The molecule has 4 heteroatoms. The molecule has 2 heterocycles. The van der Waals surface area contributed by atoms with Gasteiger partial charge in [-0.3, -0.25) is 4.90 Å². The summed E-state index contributed by atoms with van der Waals surface area (Å²) in [6.45, 7) is 5.63. The lowest BCUT2D eigenvalue weighted by Gasteiger charge is -2.36. The highest BCUT2D eigenvalue weighted by atomic mass is 16.5. The van der Waals surface area contributed by atoms with E-state index >= 15 is 0 Å². The van der Waals surface area contributed by atoms with E-state index in [1.807, 2.05) is 12.4 Å². The normalized spacial score (nSPS) is 22.5. The molecule has 0 spiro atoms. The molecule has 0 bridgehead atoms. The zero-order chi connectivity index (χ0) is 10.7. The Morgan fingerprint density at radius 2 is 2.20 bits per heavy atom. The van der Waals surface area contributed by atoms with E-state index < -0.39 is 0 Å². The first kappa shape index (κ1) is 10.7. The molecule has 0 radical (unpaired) electrons. The number of morpholine rings is 1. The fraction of sp³-hybridized carbons (Fsp3) is 0.636. The number of rotatable bonds is 3. The summed E-state index contributed by atoms with van der Waals surface area (Å²) in [5.41, 5.74) is 7.33. The van der Waals surface area contributed by atoms with Gasteiger partial charge in [-0.05, 0) is 18.6 Å². The lowest BCUT2D eigenvalue weighted by atomic mass is 10.0. The van der Waals surface area contributed by atoms with Gasteiger partial charge in [0.1, 0.15) is 0 Å². The van der Waals surface area contributed by atoms with Crippen LogP contribution >= 0.6 is 0 Å². The average molecular weight is 209 g/mol. The lowest BCUT2D eigenvalue weighted by Crippen LogP contribution is -2.45. The van der Waals surface area contributed by atoms with Gasteiger partial charge in [0.25, 0.3) is 0 Å². The molecule has 0 saturated carbocycles. The van der Waals surface area contributed by atoms with Crippen LogP contribution in [-0.2, 0) is 4.74 Å². The van der Waals surface area contributed by atoms with Crippen LogP contribution in [0.4, 0.5) is 0 Å². The van der Waals surface area contributed by atoms with Crippen LogP contribution in [0.1, 0.15) is 18.5 Å². The number of aromatic amines is 1. The van der Waals surface area contributed by atoms with E-state index in [4.69, 9.17) is 10.5 Å². The van der Waals surface area contributed by atoms with Crippen molar-refractivity contribution in [2.75, 3.05) is 26.3 Å². The molecule has 0 aliphatic carbocycles. The third kappa shape index (κ3) is 2.40. The first-order valence-corrected chi connectivity index (χ1v) is 5.49. The van der Waals surface area contributed by atoms with Crippen LogP contribution in [0.3, 0.4) is 0 Å². The van der Waals surface area contributed by atoms with Gasteiger partial charge in [0, 0.05) is 31.5 Å². The maximum Gasteiger partial charge on any atom is 0.0594 e. The Bertz CT molecular complexity index is 278. The Hall–Kier alpha value is -0.840. The lowest BCUT2D eigenvalue weighted by molar-refractivity contribution is 0.0117. The second-order valence-electron chi connectivity index (χ2n) is 4.10. The van der Waals surface area contributed by atoms with Crippen LogP contribution in [0.2, 0.25) is 0 Å². The number of H-pyrrole nitrogens is 1. The first-order chi connectivity index (χ1) is 7.29. The van der Waals surface area contributed by atoms with Gasteiger partial charge >= 0.3 is 0 Å². The molecule has 0 amide bonds. The minimum atomic E-state index is 0.138. The summed E-state index contributed by atoms with van der Waals surface area (Å²) < 4.78 is 5.36. The molecule has 1 aromatic rings. The molecule has 2 atom stereocenters. The van der Waals surface area contributed by atoms with E-state index in [0.717, 1.165) is 26.3 Å². The molecule has 1 aliphatic rings. The van der Waals surface area contributed by atoms with Crippen LogP contribution in [0, 0.1) is 0 Å². The zero-order valence-corrected chi connectivity index (χ0v) is 9.15. The van der Waals surface area contributed by atoms with Crippen LogP contribution in [-0.4, -0.2) is 42.2 Å². The molecular weight excluding hydrogens is 190 g/mol. The maximum absolute atomic E-state index is 6.06. The van der Waals surface area contributed by atoms with Gasteiger partial charge in [0.15, 0.2) is 0 Å². The largest absolute Gasteiger partial charge is 0.379 e. The molecular formula is C11H19N3O. The zero-order valence-electron chi connectivity index (χ0n) is 9.15. The summed E-state index contributed by atoms with van der Waals surface area (Å²) in [6, 6.07) is 2.54. The van der Waals surface area contributed by atoms with Gasteiger partial charge in [0.05, 0.1) is 19.3 Å². The number of ether oxygens (including phenoxy) is 1. The number of hydrogen-bond acceptors (Lipinski definition) is 3. The second kappa shape index (κ2) is 4.79. The highest BCUT2D eigenvalue weighted by Gasteiger charge is 2.25. The van der Waals surface area contributed by atoms with Crippen molar-refractivity contribution >= 4 is 0 Å². The van der Waals surface area contributed by atoms with Crippen molar-refractivity contribution in [3.63, 3.8) is 0 Å². The van der Waals surface area contributed by atoms with Crippen LogP contribution in [0.5, 0.6) is 0 Å². The van der Waals surface area contributed by atoms with Crippen molar-refractivity contribution in [3.05, 3.63) is 24.0 Å². The predicted molar refractivity (Wildman–Crippen MR) is 59.6 cm³/mol. The van der Waals surface area contributed by atoms with E-state index in [2.05, 4.69) is 22.9 Å². The first-order valence-electron chi connectivity index (χ1n) is 5.49. The summed E-state index contributed by atoms with van der Waals surface area (Å²) in [5.74, 6) is 0. The van der Waals surface area contributed by atoms with Crippen molar-refractivity contribution in [3.8, 4) is 0 Å². The van der Waals surface area contributed by atoms with Crippen molar-refractivity contribution < 1.29 is 4.74 Å². The topological polar surface area (TPSA) is 54.3 Å². The van der Waals surface area contributed by atoms with Crippen molar-refractivity contribution in [1.82, 2.24) is 9.88 Å². The Kier molecular flexibility index (Phi) is 3.41. The van der Waals surface area contributed by atoms with Gasteiger partial charge in [-0.25, -0.2) is 0 Å². The molecule has 3 N–H and O–H groups in total. The summed E-state index contributed by atoms with van der Waals surface area (Å²) in [6.07, 6.45) is 3.98. The molecule has 1 aromatic heterocycles. The van der Waals surface area contributed by atoms with Gasteiger partial charge < -0.3 is 15.5 Å². The van der Waals surface area contributed by atoms with Crippen molar-refractivity contribution in [1.29, 1.82) is 0 Å². The monoisotopic (exact) mass is 209 g/mol. The Labute approximate surface area is 90.4 Å². The van der Waals surface area contributed by atoms with Gasteiger partial charge in [0.2, 0.25) is 0 Å². The van der Waals surface area contributed by atoms with E-state index in [1.54, 1.807) is 0 Å². The molecule has 2 unspecified atom stereocenters. The third-order valence-electron chi connectivity index (χ3n) is 2.90. The molecule has 1 aliphatic heterocycles. The molecule has 84 valence electrons. The molecule has 4 nitrogen and oxygen atoms in total. The molecule has 1 saturated heterocycles. The SMILES string of the molecule is CC(N)C(c1cc[nH]c1)N1CCOCC1. The second-order valence-corrected chi connectivity index (χ2v) is 4.10. The standard InChI is InChI=1S/C11H19N3O/c1-9(12)11(10-2-3-13-8-10)14-4-6-15-7-5-14/h2-3,8-9,11,13H,4-7,12H2,1H3. The minimum Gasteiger partial charge on any atom is -0.379 e. The molecule has 2 rings (SSSR count). The van der Waals surface area contributed by atoms with E-state index in [-0.39, 0.29) is 6.04 Å². The molecule has 15 heavy (non-hydrogen) atoms. The predicted octanol–water partition coefficient (Wildman–Crippen LogP) is 0.735. The molecule has 0 aromatic carbocycles. The van der Waals surface area contributed by atoms with Crippen molar-refractivity contribution in [2.24, 2.45) is 5.73 Å². The van der Waals surface area contributed by atoms with Crippen LogP contribution in [0.15, 0.2) is 18.5 Å². The number of nitrogens with zero attached hydrogens (tertiary/aromatic N) is 1. The number of nitrogens with one attached hydrogen (secondary N) is 1. The minimum absolute atomic E-state index is 0.138. The quantitative estimate of drug-likeness (QED) is 0.772. The van der Waals surface area contributed by atoms with E-state index in [0.29, 0.717) is 6.04 Å². The van der Waals surface area contributed by atoms with Crippen LogP contribution in [0.25, 0.3) is 0 Å². The summed E-state index contributed by atoms with van der Waals surface area (Å²) in [5, 5.41) is 0. The Morgan fingerprint density at radius 3 is 2.73 bits per heavy atom. The summed E-state index contributed by atoms with van der Waals surface area (Å²) in [4.78, 5) is 5.49. The average Bonchev–Trinajstić information content (AvgIpc) is 2.72. The van der Waals surface area contributed by atoms with E-state index in [1.165, 1.54) is 5.56 Å². The molecule has 1 fully saturated rings. The Balaban J connectivity index is 2.12. The number of nitrogens with two attached hydrogens (primary N) is 1. The van der Waals surface area contributed by atoms with Gasteiger partial charge in [-0.1, -0.05) is 0 Å². The fourth-order valence-electron chi connectivity index (χ4n) is 2.22. The van der Waals surface area contributed by atoms with Gasteiger partial charge in [-0.2, -0.15) is 0 Å². The number of aromatic nitrogens is 1. The highest BCUT2D eigenvalue weighted by Crippen LogP contribution is 2.23.